The summed E-state index contributed by atoms with van der Waals surface area (Å²) in [5, 5.41) is 5.67. The summed E-state index contributed by atoms with van der Waals surface area (Å²) in [7, 11) is 0. The van der Waals surface area contributed by atoms with Gasteiger partial charge < -0.3 is 15.5 Å². The van der Waals surface area contributed by atoms with Crippen LogP contribution in [0.5, 0.6) is 0 Å². The predicted molar refractivity (Wildman–Crippen MR) is 108 cm³/mol. The molecule has 0 radical (unpaired) electrons. The lowest BCUT2D eigenvalue weighted by molar-refractivity contribution is -0.127. The van der Waals surface area contributed by atoms with Gasteiger partial charge in [-0.2, -0.15) is 0 Å². The second-order valence-electron chi connectivity index (χ2n) is 6.76. The number of amides is 3. The minimum absolute atomic E-state index is 0.0662. The fraction of sp³-hybridized carbons (Fsp3) is 0.550. The molecule has 1 fully saturated rings. The number of benzene rings is 1. The monoisotopic (exact) mass is 391 g/mol. The van der Waals surface area contributed by atoms with E-state index in [1.54, 1.807) is 12.1 Å². The van der Waals surface area contributed by atoms with Crippen LogP contribution in [0.3, 0.4) is 0 Å². The molecule has 1 unspecified atom stereocenters. The zero-order chi connectivity index (χ0) is 19.6. The Labute approximate surface area is 165 Å². The van der Waals surface area contributed by atoms with Crippen LogP contribution in [0.25, 0.3) is 0 Å². The Bertz CT molecular complexity index is 660. The molecule has 27 heavy (non-hydrogen) atoms. The SMILES string of the molecule is CCC(C)NC(=O)CCNC(=O)c1ccccc1SCC(=O)N1CCCC1. The van der Waals surface area contributed by atoms with Crippen LogP contribution in [0.1, 0.15) is 49.9 Å². The second kappa shape index (κ2) is 11.0. The maximum atomic E-state index is 12.5. The van der Waals surface area contributed by atoms with Crippen LogP contribution < -0.4 is 10.6 Å². The number of likely N-dealkylation sites (tertiary alicyclic amines) is 1. The Balaban J connectivity index is 1.83. The summed E-state index contributed by atoms with van der Waals surface area (Å²) in [5.74, 6) is 0.169. The first kappa shape index (κ1) is 21.3. The maximum absolute atomic E-state index is 12.5. The molecule has 7 heteroatoms. The third-order valence-electron chi connectivity index (χ3n) is 4.60. The molecule has 148 valence electrons. The summed E-state index contributed by atoms with van der Waals surface area (Å²) in [6.07, 6.45) is 3.26. The van der Waals surface area contributed by atoms with Gasteiger partial charge in [0.05, 0.1) is 11.3 Å². The third kappa shape index (κ3) is 6.90. The van der Waals surface area contributed by atoms with E-state index in [2.05, 4.69) is 10.6 Å². The minimum atomic E-state index is -0.219. The molecule has 1 heterocycles. The van der Waals surface area contributed by atoms with Crippen LogP contribution in [0, 0.1) is 0 Å². The zero-order valence-corrected chi connectivity index (χ0v) is 16.9. The van der Waals surface area contributed by atoms with Gasteiger partial charge in [-0.05, 0) is 38.3 Å². The summed E-state index contributed by atoms with van der Waals surface area (Å²) in [5.41, 5.74) is 0.541. The van der Waals surface area contributed by atoms with Gasteiger partial charge in [-0.3, -0.25) is 14.4 Å². The van der Waals surface area contributed by atoms with Crippen LogP contribution in [-0.4, -0.2) is 54.1 Å². The maximum Gasteiger partial charge on any atom is 0.252 e. The number of hydrogen-bond donors (Lipinski definition) is 2. The van der Waals surface area contributed by atoms with E-state index in [0.29, 0.717) is 11.3 Å². The molecule has 1 aromatic carbocycles. The molecule has 1 aliphatic heterocycles. The summed E-state index contributed by atoms with van der Waals surface area (Å²) in [6, 6.07) is 7.40. The molecule has 1 saturated heterocycles. The Morgan fingerprint density at radius 3 is 2.59 bits per heavy atom. The lowest BCUT2D eigenvalue weighted by Crippen LogP contribution is -2.35. The normalized spacial score (nSPS) is 14.7. The molecule has 3 amide bonds. The van der Waals surface area contributed by atoms with Gasteiger partial charge in [0.1, 0.15) is 0 Å². The second-order valence-corrected chi connectivity index (χ2v) is 7.77. The van der Waals surface area contributed by atoms with E-state index in [9.17, 15) is 14.4 Å². The van der Waals surface area contributed by atoms with Gasteiger partial charge in [-0.15, -0.1) is 11.8 Å². The van der Waals surface area contributed by atoms with E-state index in [1.165, 1.54) is 11.8 Å². The molecule has 0 aromatic heterocycles. The minimum Gasteiger partial charge on any atom is -0.354 e. The van der Waals surface area contributed by atoms with Crippen molar-refractivity contribution in [1.82, 2.24) is 15.5 Å². The average Bonchev–Trinajstić information content (AvgIpc) is 3.21. The first-order chi connectivity index (χ1) is 13.0. The first-order valence-corrected chi connectivity index (χ1v) is 10.6. The van der Waals surface area contributed by atoms with Crippen molar-refractivity contribution in [3.8, 4) is 0 Å². The number of hydrogen-bond acceptors (Lipinski definition) is 4. The Hall–Kier alpha value is -2.02. The summed E-state index contributed by atoms with van der Waals surface area (Å²) in [4.78, 5) is 39.2. The van der Waals surface area contributed by atoms with Gasteiger partial charge in [-0.25, -0.2) is 0 Å². The van der Waals surface area contributed by atoms with Crippen molar-refractivity contribution < 1.29 is 14.4 Å². The average molecular weight is 392 g/mol. The van der Waals surface area contributed by atoms with Crippen LogP contribution in [0.2, 0.25) is 0 Å². The van der Waals surface area contributed by atoms with Crippen LogP contribution >= 0.6 is 11.8 Å². The molecule has 1 aromatic rings. The van der Waals surface area contributed by atoms with Crippen LogP contribution in [0.4, 0.5) is 0 Å². The molecule has 0 spiro atoms. The van der Waals surface area contributed by atoms with E-state index < -0.39 is 0 Å². The Morgan fingerprint density at radius 2 is 1.89 bits per heavy atom. The lowest BCUT2D eigenvalue weighted by Gasteiger charge is -2.15. The zero-order valence-electron chi connectivity index (χ0n) is 16.1. The largest absolute Gasteiger partial charge is 0.354 e. The summed E-state index contributed by atoms with van der Waals surface area (Å²) >= 11 is 1.39. The molecule has 2 rings (SSSR count). The van der Waals surface area contributed by atoms with Gasteiger partial charge in [-0.1, -0.05) is 19.1 Å². The predicted octanol–water partition coefficient (Wildman–Crippen LogP) is 2.44. The molecule has 1 aliphatic rings. The fourth-order valence-electron chi connectivity index (χ4n) is 2.81. The fourth-order valence-corrected chi connectivity index (χ4v) is 3.76. The van der Waals surface area contributed by atoms with Crippen molar-refractivity contribution in [1.29, 1.82) is 0 Å². The van der Waals surface area contributed by atoms with Crippen LogP contribution in [0.15, 0.2) is 29.2 Å². The van der Waals surface area contributed by atoms with E-state index in [-0.39, 0.29) is 36.7 Å². The number of rotatable bonds is 9. The highest BCUT2D eigenvalue weighted by Gasteiger charge is 2.19. The van der Waals surface area contributed by atoms with Crippen molar-refractivity contribution >= 4 is 29.5 Å². The molecule has 6 nitrogen and oxygen atoms in total. The molecule has 0 bridgehead atoms. The molecule has 0 saturated carbocycles. The van der Waals surface area contributed by atoms with E-state index in [0.717, 1.165) is 37.2 Å². The van der Waals surface area contributed by atoms with Gasteiger partial charge in [0.25, 0.3) is 5.91 Å². The highest BCUT2D eigenvalue weighted by Crippen LogP contribution is 2.23. The van der Waals surface area contributed by atoms with Crippen LogP contribution in [-0.2, 0) is 9.59 Å². The highest BCUT2D eigenvalue weighted by molar-refractivity contribution is 8.00. The molecule has 0 aliphatic carbocycles. The topological polar surface area (TPSA) is 78.5 Å². The van der Waals surface area contributed by atoms with Gasteiger partial charge in [0, 0.05) is 37.0 Å². The first-order valence-electron chi connectivity index (χ1n) is 9.58. The number of nitrogens with zero attached hydrogens (tertiary/aromatic N) is 1. The number of carbonyl (C=O) groups excluding carboxylic acids is 3. The summed E-state index contributed by atoms with van der Waals surface area (Å²) < 4.78 is 0. The van der Waals surface area contributed by atoms with Crippen molar-refractivity contribution in [2.75, 3.05) is 25.4 Å². The van der Waals surface area contributed by atoms with Crippen molar-refractivity contribution in [3.05, 3.63) is 29.8 Å². The van der Waals surface area contributed by atoms with E-state index in [4.69, 9.17) is 0 Å². The lowest BCUT2D eigenvalue weighted by atomic mass is 10.2. The van der Waals surface area contributed by atoms with E-state index >= 15 is 0 Å². The smallest absolute Gasteiger partial charge is 0.252 e. The molecule has 2 N–H and O–H groups in total. The number of thioether (sulfide) groups is 1. The van der Waals surface area contributed by atoms with Crippen molar-refractivity contribution in [2.45, 2.75) is 50.5 Å². The molecule has 1 atom stereocenters. The van der Waals surface area contributed by atoms with Gasteiger partial charge in [0.15, 0.2) is 0 Å². The van der Waals surface area contributed by atoms with Crippen molar-refractivity contribution in [2.24, 2.45) is 0 Å². The highest BCUT2D eigenvalue weighted by atomic mass is 32.2. The van der Waals surface area contributed by atoms with Gasteiger partial charge >= 0.3 is 0 Å². The third-order valence-corrected chi connectivity index (χ3v) is 5.66. The molecular formula is C20H29N3O3S. The molecular weight excluding hydrogens is 362 g/mol. The quantitative estimate of drug-likeness (QED) is 0.634. The van der Waals surface area contributed by atoms with Crippen molar-refractivity contribution in [3.63, 3.8) is 0 Å². The summed E-state index contributed by atoms with van der Waals surface area (Å²) in [6.45, 7) is 5.91. The Kier molecular flexibility index (Phi) is 8.64. The standard InChI is InChI=1S/C20H29N3O3S/c1-3-15(2)22-18(24)10-11-21-20(26)16-8-4-5-9-17(16)27-14-19(25)23-12-6-7-13-23/h4-5,8-9,15H,3,6-7,10-14H2,1-2H3,(H,21,26)(H,22,24). The number of nitrogens with one attached hydrogen (secondary N) is 2. The van der Waals surface area contributed by atoms with Gasteiger partial charge in [0.2, 0.25) is 11.8 Å². The number of carbonyl (C=O) groups is 3. The van der Waals surface area contributed by atoms with E-state index in [1.807, 2.05) is 30.9 Å². The Morgan fingerprint density at radius 1 is 1.19 bits per heavy atom.